The number of piperidine rings is 1. The van der Waals surface area contributed by atoms with E-state index >= 15 is 0 Å². The molecule has 0 radical (unpaired) electrons. The van der Waals surface area contributed by atoms with E-state index in [4.69, 9.17) is 9.73 Å². The minimum Gasteiger partial charge on any atom is -0.497 e. The number of benzene rings is 4. The van der Waals surface area contributed by atoms with Crippen molar-refractivity contribution < 1.29 is 14.6 Å². The van der Waals surface area contributed by atoms with Crippen molar-refractivity contribution >= 4 is 28.2 Å². The molecule has 0 unspecified atom stereocenters. The van der Waals surface area contributed by atoms with Crippen LogP contribution in [-0.2, 0) is 6.54 Å². The smallest absolute Gasteiger partial charge is 0.251 e. The third kappa shape index (κ3) is 6.53. The summed E-state index contributed by atoms with van der Waals surface area (Å²) in [6.45, 7) is 5.20. The van der Waals surface area contributed by atoms with Crippen LogP contribution in [0.1, 0.15) is 64.8 Å². The lowest BCUT2D eigenvalue weighted by molar-refractivity contribution is 0.0940. The number of hydrogen-bond donors (Lipinski definition) is 3. The fraction of sp³-hybridized carbons (Fsp3) is 0.243. The Labute approximate surface area is 258 Å². The van der Waals surface area contributed by atoms with Crippen LogP contribution in [0, 0.1) is 0 Å². The van der Waals surface area contributed by atoms with Crippen molar-refractivity contribution in [3.63, 3.8) is 0 Å². The third-order valence-electron chi connectivity index (χ3n) is 8.32. The number of ether oxygens (including phenoxy) is 1. The Morgan fingerprint density at radius 3 is 2.36 bits per heavy atom. The lowest BCUT2D eigenvalue weighted by Crippen LogP contribution is -2.28. The van der Waals surface area contributed by atoms with Crippen LogP contribution in [0.3, 0.4) is 0 Å². The van der Waals surface area contributed by atoms with E-state index in [2.05, 4.69) is 27.3 Å². The Kier molecular flexibility index (Phi) is 8.75. The van der Waals surface area contributed by atoms with Gasteiger partial charge in [-0.2, -0.15) is 0 Å². The number of nitrogens with one attached hydrogen (secondary N) is 2. The van der Waals surface area contributed by atoms with Gasteiger partial charge in [0.15, 0.2) is 5.88 Å². The maximum atomic E-state index is 13.4. The van der Waals surface area contributed by atoms with Crippen molar-refractivity contribution in [3.05, 3.63) is 125 Å². The quantitative estimate of drug-likeness (QED) is 0.156. The Hall–Kier alpha value is -4.88. The van der Waals surface area contributed by atoms with Crippen LogP contribution in [-0.4, -0.2) is 46.8 Å². The summed E-state index contributed by atoms with van der Waals surface area (Å²) >= 11 is 0. The molecule has 1 saturated heterocycles. The van der Waals surface area contributed by atoms with Gasteiger partial charge < -0.3 is 20.1 Å². The Balaban J connectivity index is 1.32. The standard InChI is InChI=1S/C37H38N4O3/c1-25(27-13-18-31(44-2)19-14-27)38-36(42)29-15-20-33-32(23-29)34(37(43)40-33)35(28-9-5-3-6-10-28)39-30-16-11-26(12-17-30)24-41-21-7-4-8-22-41/h3,5-6,9-20,23,25,40,43H,4,7-8,21-22,24H2,1-2H3,(H,38,42)/t25-/m1/s1. The highest BCUT2D eigenvalue weighted by atomic mass is 16.5. The van der Waals surface area contributed by atoms with Crippen LogP contribution in [0.5, 0.6) is 11.6 Å². The van der Waals surface area contributed by atoms with E-state index in [0.717, 1.165) is 53.1 Å². The summed E-state index contributed by atoms with van der Waals surface area (Å²) in [5, 5.41) is 15.0. The summed E-state index contributed by atoms with van der Waals surface area (Å²) in [5.74, 6) is 0.569. The van der Waals surface area contributed by atoms with E-state index in [1.807, 2.05) is 85.8 Å². The number of carbonyl (C=O) groups excluding carboxylic acids is 1. The van der Waals surface area contributed by atoms with Crippen molar-refractivity contribution in [2.75, 3.05) is 20.2 Å². The van der Waals surface area contributed by atoms with Crippen LogP contribution >= 0.6 is 0 Å². The number of rotatable bonds is 9. The predicted octanol–water partition coefficient (Wildman–Crippen LogP) is 7.53. The minimum absolute atomic E-state index is 0.00785. The van der Waals surface area contributed by atoms with E-state index in [1.54, 1.807) is 13.2 Å². The van der Waals surface area contributed by atoms with Crippen LogP contribution in [0.25, 0.3) is 10.9 Å². The van der Waals surface area contributed by atoms with Gasteiger partial charge in [-0.15, -0.1) is 0 Å². The van der Waals surface area contributed by atoms with Crippen LogP contribution in [0.4, 0.5) is 5.69 Å². The molecule has 4 aromatic carbocycles. The number of H-pyrrole nitrogens is 1. The van der Waals surface area contributed by atoms with Gasteiger partial charge in [-0.1, -0.05) is 61.0 Å². The highest BCUT2D eigenvalue weighted by Gasteiger charge is 2.21. The number of aromatic hydroxyl groups is 1. The number of nitrogens with zero attached hydrogens (tertiary/aromatic N) is 2. The van der Waals surface area contributed by atoms with E-state index in [1.165, 1.54) is 24.8 Å². The van der Waals surface area contributed by atoms with Gasteiger partial charge in [0, 0.05) is 28.6 Å². The number of carbonyl (C=O) groups is 1. The molecule has 1 amide bonds. The molecule has 1 aromatic heterocycles. The highest BCUT2D eigenvalue weighted by molar-refractivity contribution is 6.22. The van der Waals surface area contributed by atoms with Gasteiger partial charge in [0.2, 0.25) is 0 Å². The number of likely N-dealkylation sites (tertiary alicyclic amines) is 1. The second-order valence-corrected chi connectivity index (χ2v) is 11.4. The Morgan fingerprint density at radius 1 is 0.932 bits per heavy atom. The van der Waals surface area contributed by atoms with E-state index < -0.39 is 0 Å². The van der Waals surface area contributed by atoms with E-state index in [-0.39, 0.29) is 17.8 Å². The largest absolute Gasteiger partial charge is 0.497 e. The first-order chi connectivity index (χ1) is 21.5. The first-order valence-electron chi connectivity index (χ1n) is 15.2. The normalized spacial score (nSPS) is 14.8. The van der Waals surface area contributed by atoms with Gasteiger partial charge in [0.05, 0.1) is 30.1 Å². The van der Waals surface area contributed by atoms with Crippen molar-refractivity contribution in [2.24, 2.45) is 4.99 Å². The van der Waals surface area contributed by atoms with Gasteiger partial charge in [-0.3, -0.25) is 9.69 Å². The minimum atomic E-state index is -0.206. The first-order valence-corrected chi connectivity index (χ1v) is 15.2. The highest BCUT2D eigenvalue weighted by Crippen LogP contribution is 2.32. The zero-order valence-electron chi connectivity index (χ0n) is 25.2. The summed E-state index contributed by atoms with van der Waals surface area (Å²) < 4.78 is 5.25. The number of methoxy groups -OCH3 is 1. The predicted molar refractivity (Wildman–Crippen MR) is 176 cm³/mol. The molecule has 5 aromatic rings. The number of amides is 1. The summed E-state index contributed by atoms with van der Waals surface area (Å²) in [6.07, 6.45) is 3.85. The van der Waals surface area contributed by atoms with Crippen LogP contribution in [0.2, 0.25) is 0 Å². The molecule has 7 nitrogen and oxygen atoms in total. The average molecular weight is 587 g/mol. The van der Waals surface area contributed by atoms with E-state index in [9.17, 15) is 9.90 Å². The zero-order valence-corrected chi connectivity index (χ0v) is 25.2. The average Bonchev–Trinajstić information content (AvgIpc) is 3.39. The van der Waals surface area contributed by atoms with Crippen molar-refractivity contribution in [2.45, 2.75) is 38.8 Å². The fourth-order valence-electron chi connectivity index (χ4n) is 5.86. The van der Waals surface area contributed by atoms with Gasteiger partial charge in [-0.25, -0.2) is 4.99 Å². The van der Waals surface area contributed by atoms with Crippen LogP contribution < -0.4 is 10.1 Å². The SMILES string of the molecule is COc1ccc([C@@H](C)NC(=O)c2ccc3[nH]c(O)c(C(=Nc4ccc(CN5CCCCC5)cc4)c4ccccc4)c3c2)cc1. The fourth-order valence-corrected chi connectivity index (χ4v) is 5.86. The molecule has 2 heterocycles. The second-order valence-electron chi connectivity index (χ2n) is 11.4. The van der Waals surface area contributed by atoms with Crippen LogP contribution in [0.15, 0.2) is 102 Å². The molecule has 1 aliphatic rings. The summed E-state index contributed by atoms with van der Waals surface area (Å²) in [7, 11) is 1.63. The third-order valence-corrected chi connectivity index (χ3v) is 8.32. The van der Waals surface area contributed by atoms with Gasteiger partial charge in [0.25, 0.3) is 5.91 Å². The summed E-state index contributed by atoms with van der Waals surface area (Å²) in [4.78, 5) is 24.0. The molecule has 6 rings (SSSR count). The molecule has 0 saturated carbocycles. The monoisotopic (exact) mass is 586 g/mol. The molecule has 7 heteroatoms. The molecule has 1 fully saturated rings. The number of aliphatic imine (C=N–C) groups is 1. The van der Waals surface area contributed by atoms with Gasteiger partial charge in [0.1, 0.15) is 5.75 Å². The molecule has 0 bridgehead atoms. The molecule has 1 aliphatic heterocycles. The maximum absolute atomic E-state index is 13.4. The molecular formula is C37H38N4O3. The van der Waals surface area contributed by atoms with Gasteiger partial charge >= 0.3 is 0 Å². The zero-order chi connectivity index (χ0) is 30.5. The lowest BCUT2D eigenvalue weighted by Gasteiger charge is -2.26. The molecule has 0 aliphatic carbocycles. The maximum Gasteiger partial charge on any atom is 0.251 e. The first kappa shape index (κ1) is 29.2. The van der Waals surface area contributed by atoms with Crippen molar-refractivity contribution in [1.82, 2.24) is 15.2 Å². The lowest BCUT2D eigenvalue weighted by atomic mass is 9.99. The van der Waals surface area contributed by atoms with E-state index in [0.29, 0.717) is 16.8 Å². The summed E-state index contributed by atoms with van der Waals surface area (Å²) in [6, 6.07) is 31.0. The number of hydrogen-bond acceptors (Lipinski definition) is 5. The topological polar surface area (TPSA) is 89.9 Å². The molecule has 224 valence electrons. The number of aromatic nitrogens is 1. The summed E-state index contributed by atoms with van der Waals surface area (Å²) in [5.41, 5.74) is 6.29. The molecule has 3 N–H and O–H groups in total. The molecule has 44 heavy (non-hydrogen) atoms. The van der Waals surface area contributed by atoms with Gasteiger partial charge in [-0.05, 0) is 86.4 Å². The Bertz CT molecular complexity index is 1750. The second kappa shape index (κ2) is 13.2. The molecule has 1 atom stereocenters. The molecule has 0 spiro atoms. The number of aromatic amines is 1. The molecular weight excluding hydrogens is 548 g/mol. The van der Waals surface area contributed by atoms with Crippen molar-refractivity contribution in [3.8, 4) is 11.6 Å². The van der Waals surface area contributed by atoms with Crippen molar-refractivity contribution in [1.29, 1.82) is 0 Å². The number of fused-ring (bicyclic) bond motifs is 1. The Morgan fingerprint density at radius 2 is 1.66 bits per heavy atom.